The number of pyridine rings is 1. The molecule has 0 saturated carbocycles. The van der Waals surface area contributed by atoms with E-state index in [0.717, 1.165) is 43.9 Å². The molecule has 1 aromatic carbocycles. The molecular formula is C18H26N2O. The predicted molar refractivity (Wildman–Crippen MR) is 88.7 cm³/mol. The molecule has 1 heterocycles. The molecule has 114 valence electrons. The van der Waals surface area contributed by atoms with E-state index in [0.29, 0.717) is 5.92 Å². The molecule has 0 spiro atoms. The highest BCUT2D eigenvalue weighted by atomic mass is 16.5. The molecule has 0 unspecified atom stereocenters. The average Bonchev–Trinajstić information content (AvgIpc) is 2.47. The number of rotatable bonds is 8. The van der Waals surface area contributed by atoms with Gasteiger partial charge >= 0.3 is 0 Å². The zero-order chi connectivity index (χ0) is 15.1. The fourth-order valence-corrected chi connectivity index (χ4v) is 2.26. The van der Waals surface area contributed by atoms with Crippen molar-refractivity contribution in [2.45, 2.75) is 40.2 Å². The van der Waals surface area contributed by atoms with E-state index in [1.165, 1.54) is 10.9 Å². The molecule has 1 N–H and O–H groups in total. The molecule has 3 heteroatoms. The lowest BCUT2D eigenvalue weighted by molar-refractivity contribution is 0.298. The number of fused-ring (bicyclic) bond motifs is 1. The summed E-state index contributed by atoms with van der Waals surface area (Å²) >= 11 is 0. The zero-order valence-electron chi connectivity index (χ0n) is 13.4. The Bertz CT molecular complexity index is 566. The lowest BCUT2D eigenvalue weighted by Crippen LogP contribution is -2.19. The Morgan fingerprint density at radius 2 is 2.05 bits per heavy atom. The highest BCUT2D eigenvalue weighted by Gasteiger charge is 2.06. The maximum Gasteiger partial charge on any atom is 0.214 e. The van der Waals surface area contributed by atoms with E-state index < -0.39 is 0 Å². The first-order valence-electron chi connectivity index (χ1n) is 7.93. The molecule has 0 bridgehead atoms. The molecule has 0 aliphatic carbocycles. The van der Waals surface area contributed by atoms with Gasteiger partial charge in [-0.3, -0.25) is 0 Å². The van der Waals surface area contributed by atoms with Gasteiger partial charge in [0.2, 0.25) is 5.88 Å². The third-order valence-corrected chi connectivity index (χ3v) is 3.39. The lowest BCUT2D eigenvalue weighted by atomic mass is 10.1. The van der Waals surface area contributed by atoms with Gasteiger partial charge in [0.25, 0.3) is 0 Å². The van der Waals surface area contributed by atoms with Crippen LogP contribution >= 0.6 is 0 Å². The number of unbranched alkanes of at least 4 members (excludes halogenated alkanes) is 1. The van der Waals surface area contributed by atoms with Gasteiger partial charge in [-0.1, -0.05) is 45.4 Å². The summed E-state index contributed by atoms with van der Waals surface area (Å²) in [5.41, 5.74) is 2.26. The van der Waals surface area contributed by atoms with Gasteiger partial charge in [0.1, 0.15) is 0 Å². The molecule has 21 heavy (non-hydrogen) atoms. The molecular weight excluding hydrogens is 260 g/mol. The standard InChI is InChI=1S/C18H26N2O/c1-4-5-10-21-18-11-15(13-19-12-14(2)3)16-8-6-7-9-17(16)20-18/h6-9,11,14,19H,4-5,10,12-13H2,1-3H3. The largest absolute Gasteiger partial charge is 0.478 e. The number of nitrogens with one attached hydrogen (secondary N) is 1. The van der Waals surface area contributed by atoms with Gasteiger partial charge in [0.15, 0.2) is 0 Å². The highest BCUT2D eigenvalue weighted by molar-refractivity contribution is 5.82. The van der Waals surface area contributed by atoms with E-state index in [4.69, 9.17) is 4.74 Å². The van der Waals surface area contributed by atoms with Gasteiger partial charge in [0, 0.05) is 18.0 Å². The number of aromatic nitrogens is 1. The van der Waals surface area contributed by atoms with Crippen LogP contribution in [0.1, 0.15) is 39.2 Å². The van der Waals surface area contributed by atoms with Gasteiger partial charge in [-0.15, -0.1) is 0 Å². The second-order valence-electron chi connectivity index (χ2n) is 5.86. The summed E-state index contributed by atoms with van der Waals surface area (Å²) in [6.45, 7) is 9.21. The van der Waals surface area contributed by atoms with Crippen molar-refractivity contribution in [2.24, 2.45) is 5.92 Å². The van der Waals surface area contributed by atoms with Crippen molar-refractivity contribution in [1.82, 2.24) is 10.3 Å². The van der Waals surface area contributed by atoms with E-state index >= 15 is 0 Å². The van der Waals surface area contributed by atoms with Gasteiger partial charge in [-0.2, -0.15) is 0 Å². The summed E-state index contributed by atoms with van der Waals surface area (Å²) < 4.78 is 5.78. The van der Waals surface area contributed by atoms with Crippen LogP contribution in [-0.4, -0.2) is 18.1 Å². The molecule has 0 atom stereocenters. The van der Waals surface area contributed by atoms with Crippen LogP contribution in [0.5, 0.6) is 5.88 Å². The second kappa shape index (κ2) is 7.99. The summed E-state index contributed by atoms with van der Waals surface area (Å²) in [7, 11) is 0. The first-order chi connectivity index (χ1) is 10.2. The minimum absolute atomic E-state index is 0.651. The average molecular weight is 286 g/mol. The number of benzene rings is 1. The van der Waals surface area contributed by atoms with Crippen LogP contribution in [-0.2, 0) is 6.54 Å². The number of ether oxygens (including phenoxy) is 1. The molecule has 0 fully saturated rings. The van der Waals surface area contributed by atoms with E-state index in [-0.39, 0.29) is 0 Å². The molecule has 0 radical (unpaired) electrons. The molecule has 2 rings (SSSR count). The SMILES string of the molecule is CCCCOc1cc(CNCC(C)C)c2ccccc2n1. The van der Waals surface area contributed by atoms with Crippen LogP contribution in [0, 0.1) is 5.92 Å². The molecule has 1 aromatic heterocycles. The Balaban J connectivity index is 2.18. The highest BCUT2D eigenvalue weighted by Crippen LogP contribution is 2.22. The fraction of sp³-hybridized carbons (Fsp3) is 0.500. The van der Waals surface area contributed by atoms with Gasteiger partial charge < -0.3 is 10.1 Å². The Kier molecular flexibility index (Phi) is 6.00. The van der Waals surface area contributed by atoms with E-state index in [1.807, 2.05) is 12.1 Å². The molecule has 0 aliphatic rings. The summed E-state index contributed by atoms with van der Waals surface area (Å²) in [6.07, 6.45) is 2.20. The molecule has 0 amide bonds. The topological polar surface area (TPSA) is 34.1 Å². The Labute approximate surface area is 127 Å². The molecule has 0 aliphatic heterocycles. The zero-order valence-corrected chi connectivity index (χ0v) is 13.4. The monoisotopic (exact) mass is 286 g/mol. The maximum atomic E-state index is 5.78. The van der Waals surface area contributed by atoms with Crippen molar-refractivity contribution in [3.05, 3.63) is 35.9 Å². The van der Waals surface area contributed by atoms with Crippen molar-refractivity contribution in [1.29, 1.82) is 0 Å². The van der Waals surface area contributed by atoms with Crippen molar-refractivity contribution in [3.63, 3.8) is 0 Å². The number of hydrogen-bond donors (Lipinski definition) is 1. The minimum atomic E-state index is 0.651. The molecule has 0 saturated heterocycles. The van der Waals surface area contributed by atoms with E-state index in [2.05, 4.69) is 49.3 Å². The summed E-state index contributed by atoms with van der Waals surface area (Å²) in [5, 5.41) is 4.71. The van der Waals surface area contributed by atoms with E-state index in [9.17, 15) is 0 Å². The Morgan fingerprint density at radius 3 is 2.81 bits per heavy atom. The van der Waals surface area contributed by atoms with Gasteiger partial charge in [-0.25, -0.2) is 4.98 Å². The van der Waals surface area contributed by atoms with Gasteiger partial charge in [0.05, 0.1) is 12.1 Å². The van der Waals surface area contributed by atoms with Crippen molar-refractivity contribution in [2.75, 3.05) is 13.2 Å². The number of hydrogen-bond acceptors (Lipinski definition) is 3. The second-order valence-corrected chi connectivity index (χ2v) is 5.86. The third kappa shape index (κ3) is 4.71. The van der Waals surface area contributed by atoms with Gasteiger partial charge in [-0.05, 0) is 30.5 Å². The first kappa shape index (κ1) is 15.8. The Morgan fingerprint density at radius 1 is 1.24 bits per heavy atom. The summed E-state index contributed by atoms with van der Waals surface area (Å²) in [5.74, 6) is 1.39. The van der Waals surface area contributed by atoms with Crippen molar-refractivity contribution >= 4 is 10.9 Å². The normalized spacial score (nSPS) is 11.2. The molecule has 3 nitrogen and oxygen atoms in total. The third-order valence-electron chi connectivity index (χ3n) is 3.39. The van der Waals surface area contributed by atoms with Crippen LogP contribution in [0.3, 0.4) is 0 Å². The van der Waals surface area contributed by atoms with Crippen LogP contribution in [0.15, 0.2) is 30.3 Å². The minimum Gasteiger partial charge on any atom is -0.478 e. The number of nitrogens with zero attached hydrogens (tertiary/aromatic N) is 1. The van der Waals surface area contributed by atoms with Crippen LogP contribution < -0.4 is 10.1 Å². The van der Waals surface area contributed by atoms with Crippen LogP contribution in [0.25, 0.3) is 10.9 Å². The van der Waals surface area contributed by atoms with Crippen LogP contribution in [0.2, 0.25) is 0 Å². The fourth-order valence-electron chi connectivity index (χ4n) is 2.26. The smallest absolute Gasteiger partial charge is 0.214 e. The van der Waals surface area contributed by atoms with Crippen molar-refractivity contribution < 1.29 is 4.74 Å². The van der Waals surface area contributed by atoms with Crippen LogP contribution in [0.4, 0.5) is 0 Å². The maximum absolute atomic E-state index is 5.78. The van der Waals surface area contributed by atoms with E-state index in [1.54, 1.807) is 0 Å². The first-order valence-corrected chi connectivity index (χ1v) is 7.93. The summed E-state index contributed by atoms with van der Waals surface area (Å²) in [4.78, 5) is 4.60. The lowest BCUT2D eigenvalue weighted by Gasteiger charge is -2.12. The van der Waals surface area contributed by atoms with Crippen molar-refractivity contribution in [3.8, 4) is 5.88 Å². The number of para-hydroxylation sites is 1. The quantitative estimate of drug-likeness (QED) is 0.740. The Hall–Kier alpha value is -1.61. The summed E-state index contributed by atoms with van der Waals surface area (Å²) in [6, 6.07) is 10.3. The molecule has 2 aromatic rings. The predicted octanol–water partition coefficient (Wildman–Crippen LogP) is 4.16.